The van der Waals surface area contributed by atoms with Crippen molar-refractivity contribution in [3.8, 4) is 0 Å². The normalized spacial score (nSPS) is 14.5. The second kappa shape index (κ2) is 3.66. The van der Waals surface area contributed by atoms with Crippen molar-refractivity contribution in [2.45, 2.75) is 31.7 Å². The monoisotopic (exact) mass is 164 g/mol. The van der Waals surface area contributed by atoms with E-state index in [1.54, 1.807) is 0 Å². The summed E-state index contributed by atoms with van der Waals surface area (Å²) in [5.74, 6) is -4.41. The summed E-state index contributed by atoms with van der Waals surface area (Å²) in [5, 5.41) is 34.2. The van der Waals surface area contributed by atoms with Gasteiger partial charge in [-0.15, -0.1) is 0 Å². The van der Waals surface area contributed by atoms with E-state index >= 15 is 0 Å². The maximum absolute atomic E-state index is 10.1. The SMILES string of the molecule is C[C@H](O)CCC(O)(O)C(=O)O. The van der Waals surface area contributed by atoms with Gasteiger partial charge in [0.2, 0.25) is 0 Å². The second-order valence-corrected chi connectivity index (χ2v) is 2.51. The van der Waals surface area contributed by atoms with Gasteiger partial charge >= 0.3 is 5.97 Å². The third-order valence-corrected chi connectivity index (χ3v) is 1.25. The highest BCUT2D eigenvalue weighted by atomic mass is 16.5. The number of hydrogen-bond acceptors (Lipinski definition) is 4. The molecule has 0 fully saturated rings. The first kappa shape index (κ1) is 10.3. The van der Waals surface area contributed by atoms with Crippen LogP contribution in [-0.2, 0) is 4.79 Å². The van der Waals surface area contributed by atoms with Gasteiger partial charge in [-0.3, -0.25) is 0 Å². The van der Waals surface area contributed by atoms with Crippen molar-refractivity contribution in [2.24, 2.45) is 0 Å². The number of aliphatic carboxylic acids is 1. The van der Waals surface area contributed by atoms with Crippen LogP contribution >= 0.6 is 0 Å². The van der Waals surface area contributed by atoms with Gasteiger partial charge in [-0.1, -0.05) is 0 Å². The standard InChI is InChI=1S/C6H12O5/c1-4(7)2-3-6(10,11)5(8)9/h4,7,10-11H,2-3H2,1H3,(H,8,9)/t4-/m0/s1. The van der Waals surface area contributed by atoms with Crippen molar-refractivity contribution < 1.29 is 25.2 Å². The molecule has 5 nitrogen and oxygen atoms in total. The van der Waals surface area contributed by atoms with Crippen molar-refractivity contribution in [1.29, 1.82) is 0 Å². The zero-order valence-corrected chi connectivity index (χ0v) is 6.19. The molecule has 11 heavy (non-hydrogen) atoms. The van der Waals surface area contributed by atoms with Gasteiger partial charge in [0.1, 0.15) is 0 Å². The topological polar surface area (TPSA) is 98.0 Å². The maximum atomic E-state index is 10.1. The minimum Gasteiger partial charge on any atom is -0.477 e. The Kier molecular flexibility index (Phi) is 3.44. The van der Waals surface area contributed by atoms with E-state index in [0.717, 1.165) is 0 Å². The molecule has 0 saturated heterocycles. The molecular weight excluding hydrogens is 152 g/mol. The van der Waals surface area contributed by atoms with E-state index < -0.39 is 17.9 Å². The second-order valence-electron chi connectivity index (χ2n) is 2.51. The van der Waals surface area contributed by atoms with Crippen molar-refractivity contribution in [1.82, 2.24) is 0 Å². The Balaban J connectivity index is 3.83. The number of aliphatic hydroxyl groups is 3. The molecule has 0 aromatic carbocycles. The summed E-state index contributed by atoms with van der Waals surface area (Å²) in [7, 11) is 0. The van der Waals surface area contributed by atoms with Crippen LogP contribution < -0.4 is 0 Å². The van der Waals surface area contributed by atoms with Crippen LogP contribution in [0.5, 0.6) is 0 Å². The molecule has 0 bridgehead atoms. The van der Waals surface area contributed by atoms with E-state index in [-0.39, 0.29) is 12.8 Å². The fourth-order valence-electron chi connectivity index (χ4n) is 0.517. The lowest BCUT2D eigenvalue weighted by Crippen LogP contribution is -2.38. The first-order valence-electron chi connectivity index (χ1n) is 3.22. The molecule has 0 heterocycles. The van der Waals surface area contributed by atoms with Crippen LogP contribution in [0.25, 0.3) is 0 Å². The van der Waals surface area contributed by atoms with Gasteiger partial charge in [0.15, 0.2) is 0 Å². The number of hydrogen-bond donors (Lipinski definition) is 4. The quantitative estimate of drug-likeness (QED) is 0.396. The summed E-state index contributed by atoms with van der Waals surface area (Å²) in [5.41, 5.74) is 0. The van der Waals surface area contributed by atoms with Gasteiger partial charge in [-0.05, 0) is 13.3 Å². The highest BCUT2D eigenvalue weighted by molar-refractivity contribution is 5.74. The van der Waals surface area contributed by atoms with Crippen molar-refractivity contribution >= 4 is 5.97 Å². The number of carbonyl (C=O) groups is 1. The summed E-state index contributed by atoms with van der Waals surface area (Å²) >= 11 is 0. The van der Waals surface area contributed by atoms with Gasteiger partial charge in [0.25, 0.3) is 5.79 Å². The Morgan fingerprint density at radius 1 is 1.55 bits per heavy atom. The molecule has 0 rings (SSSR count). The van der Waals surface area contributed by atoms with Crippen LogP contribution in [0.2, 0.25) is 0 Å². The fraction of sp³-hybridized carbons (Fsp3) is 0.833. The van der Waals surface area contributed by atoms with Crippen LogP contribution in [0, 0.1) is 0 Å². The average molecular weight is 164 g/mol. The molecule has 0 aliphatic heterocycles. The van der Waals surface area contributed by atoms with E-state index in [2.05, 4.69) is 0 Å². The molecule has 0 amide bonds. The Morgan fingerprint density at radius 3 is 2.27 bits per heavy atom. The molecule has 0 aliphatic rings. The number of rotatable bonds is 4. The molecule has 4 N–H and O–H groups in total. The Hall–Kier alpha value is -0.650. The largest absolute Gasteiger partial charge is 0.477 e. The van der Waals surface area contributed by atoms with E-state index in [4.69, 9.17) is 20.4 Å². The van der Waals surface area contributed by atoms with Crippen molar-refractivity contribution in [3.05, 3.63) is 0 Å². The molecular formula is C6H12O5. The van der Waals surface area contributed by atoms with Gasteiger partial charge in [-0.2, -0.15) is 0 Å². The molecule has 0 radical (unpaired) electrons. The van der Waals surface area contributed by atoms with Crippen LogP contribution in [-0.4, -0.2) is 38.3 Å². The molecule has 0 aromatic heterocycles. The summed E-state index contributed by atoms with van der Waals surface area (Å²) < 4.78 is 0. The maximum Gasteiger partial charge on any atom is 0.364 e. The average Bonchev–Trinajstić information content (AvgIpc) is 1.84. The van der Waals surface area contributed by atoms with Crippen LogP contribution in [0.4, 0.5) is 0 Å². The highest BCUT2D eigenvalue weighted by Crippen LogP contribution is 2.10. The minimum atomic E-state index is -2.71. The Labute approximate surface area is 63.9 Å². The van der Waals surface area contributed by atoms with Crippen molar-refractivity contribution in [3.63, 3.8) is 0 Å². The molecule has 0 aromatic rings. The summed E-state index contributed by atoms with van der Waals surface area (Å²) in [6.45, 7) is 1.44. The molecule has 0 unspecified atom stereocenters. The third-order valence-electron chi connectivity index (χ3n) is 1.25. The van der Waals surface area contributed by atoms with Crippen LogP contribution in [0.15, 0.2) is 0 Å². The molecule has 1 atom stereocenters. The zero-order chi connectivity index (χ0) is 9.07. The van der Waals surface area contributed by atoms with E-state index in [9.17, 15) is 4.79 Å². The van der Waals surface area contributed by atoms with Gasteiger partial charge < -0.3 is 20.4 Å². The fourth-order valence-corrected chi connectivity index (χ4v) is 0.517. The number of carboxylic acid groups (broad SMARTS) is 1. The minimum absolute atomic E-state index is 0.0410. The van der Waals surface area contributed by atoms with E-state index in [1.807, 2.05) is 0 Å². The van der Waals surface area contributed by atoms with Gasteiger partial charge in [0.05, 0.1) is 6.10 Å². The summed E-state index contributed by atoms with van der Waals surface area (Å²) in [6.07, 6.45) is -1.06. The van der Waals surface area contributed by atoms with Crippen LogP contribution in [0.1, 0.15) is 19.8 Å². The first-order valence-corrected chi connectivity index (χ1v) is 3.22. The molecule has 0 saturated carbocycles. The zero-order valence-electron chi connectivity index (χ0n) is 6.19. The van der Waals surface area contributed by atoms with E-state index in [0.29, 0.717) is 0 Å². The predicted octanol–water partition coefficient (Wildman–Crippen LogP) is -1.09. The first-order chi connectivity index (χ1) is 4.86. The number of carboxylic acids is 1. The Morgan fingerprint density at radius 2 is 2.00 bits per heavy atom. The third kappa shape index (κ3) is 3.92. The lowest BCUT2D eigenvalue weighted by molar-refractivity contribution is -0.206. The highest BCUT2D eigenvalue weighted by Gasteiger charge is 2.32. The lowest BCUT2D eigenvalue weighted by Gasteiger charge is -2.16. The molecule has 0 spiro atoms. The smallest absolute Gasteiger partial charge is 0.364 e. The summed E-state index contributed by atoms with van der Waals surface area (Å²) in [4.78, 5) is 10.1. The number of aliphatic hydroxyl groups excluding tert-OH is 1. The van der Waals surface area contributed by atoms with E-state index in [1.165, 1.54) is 6.92 Å². The summed E-state index contributed by atoms with van der Waals surface area (Å²) in [6, 6.07) is 0. The molecule has 66 valence electrons. The van der Waals surface area contributed by atoms with Crippen molar-refractivity contribution in [2.75, 3.05) is 0 Å². The van der Waals surface area contributed by atoms with Crippen LogP contribution in [0.3, 0.4) is 0 Å². The predicted molar refractivity (Wildman–Crippen MR) is 35.7 cm³/mol. The molecule has 0 aliphatic carbocycles. The lowest BCUT2D eigenvalue weighted by atomic mass is 10.1. The van der Waals surface area contributed by atoms with Gasteiger partial charge in [-0.25, -0.2) is 4.79 Å². The van der Waals surface area contributed by atoms with Gasteiger partial charge in [0, 0.05) is 6.42 Å². The Bertz CT molecular complexity index is 140. The molecule has 5 heteroatoms.